The molecule has 1 aliphatic heterocycles. The summed E-state index contributed by atoms with van der Waals surface area (Å²) in [6.45, 7) is 1.39. The Bertz CT molecular complexity index is 720. The number of benzene rings is 1. The summed E-state index contributed by atoms with van der Waals surface area (Å²) in [6, 6.07) is 4.95. The predicted molar refractivity (Wildman–Crippen MR) is 73.8 cm³/mol. The van der Waals surface area contributed by atoms with Crippen LogP contribution in [0.2, 0.25) is 0 Å². The van der Waals surface area contributed by atoms with Crippen LogP contribution in [-0.4, -0.2) is 40.2 Å². The summed E-state index contributed by atoms with van der Waals surface area (Å²) in [5.74, 6) is -0.315. The van der Waals surface area contributed by atoms with E-state index < -0.39 is 25.9 Å². The molecule has 1 aromatic rings. The molecule has 0 unspecified atom stereocenters. The van der Waals surface area contributed by atoms with Gasteiger partial charge in [-0.05, 0) is 25.5 Å². The minimum Gasteiger partial charge on any atom is -0.295 e. The molecule has 0 spiro atoms. The zero-order valence-electron chi connectivity index (χ0n) is 10.9. The number of hydrogen-bond donors (Lipinski definition) is 1. The highest BCUT2D eigenvalue weighted by Gasteiger charge is 2.31. The van der Waals surface area contributed by atoms with Crippen LogP contribution in [0.25, 0.3) is 0 Å². The normalized spacial score (nSPS) is 21.8. The van der Waals surface area contributed by atoms with Crippen LogP contribution in [0.15, 0.2) is 29.2 Å². The van der Waals surface area contributed by atoms with Crippen molar-refractivity contribution in [3.63, 3.8) is 0 Å². The van der Waals surface area contributed by atoms with E-state index in [1.54, 1.807) is 0 Å². The molecule has 0 saturated carbocycles. The number of rotatable bonds is 4. The summed E-state index contributed by atoms with van der Waals surface area (Å²) < 4.78 is 49.2. The van der Waals surface area contributed by atoms with Crippen LogP contribution in [0.4, 0.5) is 0 Å². The van der Waals surface area contributed by atoms with Crippen molar-refractivity contribution in [1.29, 1.82) is 0 Å². The second-order valence-electron chi connectivity index (χ2n) is 4.80. The molecule has 1 heterocycles. The summed E-state index contributed by atoms with van der Waals surface area (Å²) in [7, 11) is -6.90. The SMILES string of the molecule is CC(=O)c1ccc(S(=O)(=O)N[C@@H]2CCS(=O)(=O)C2)cc1. The molecule has 1 N–H and O–H groups in total. The Balaban J connectivity index is 2.16. The maximum Gasteiger partial charge on any atom is 0.240 e. The summed E-state index contributed by atoms with van der Waals surface area (Å²) >= 11 is 0. The number of nitrogens with one attached hydrogen (secondary N) is 1. The van der Waals surface area contributed by atoms with Crippen molar-refractivity contribution in [2.24, 2.45) is 0 Å². The van der Waals surface area contributed by atoms with Crippen LogP contribution in [-0.2, 0) is 19.9 Å². The number of hydrogen-bond acceptors (Lipinski definition) is 5. The van der Waals surface area contributed by atoms with Crippen LogP contribution in [0.3, 0.4) is 0 Å². The lowest BCUT2D eigenvalue weighted by atomic mass is 10.2. The maximum atomic E-state index is 12.1. The van der Waals surface area contributed by atoms with E-state index in [1.807, 2.05) is 0 Å². The number of Topliss-reactive ketones (excluding diaryl/α,β-unsaturated/α-hetero) is 1. The molecule has 1 aliphatic rings. The Hall–Kier alpha value is -1.25. The fourth-order valence-corrected chi connectivity index (χ4v) is 5.09. The number of sulfone groups is 1. The van der Waals surface area contributed by atoms with Crippen molar-refractivity contribution in [1.82, 2.24) is 4.72 Å². The van der Waals surface area contributed by atoms with E-state index in [0.29, 0.717) is 5.56 Å². The molecule has 8 heteroatoms. The van der Waals surface area contributed by atoms with Crippen molar-refractivity contribution in [3.8, 4) is 0 Å². The lowest BCUT2D eigenvalue weighted by Crippen LogP contribution is -2.35. The molecule has 0 bridgehead atoms. The van der Waals surface area contributed by atoms with Gasteiger partial charge in [-0.2, -0.15) is 0 Å². The molecule has 1 atom stereocenters. The molecule has 2 rings (SSSR count). The fourth-order valence-electron chi connectivity index (χ4n) is 2.04. The molecule has 6 nitrogen and oxygen atoms in total. The predicted octanol–water partition coefficient (Wildman–Crippen LogP) is 0.355. The van der Waals surface area contributed by atoms with Crippen molar-refractivity contribution >= 4 is 25.6 Å². The minimum absolute atomic E-state index is 0.00343. The van der Waals surface area contributed by atoms with Gasteiger partial charge in [0, 0.05) is 11.6 Å². The minimum atomic E-state index is -3.76. The Morgan fingerprint density at radius 3 is 2.30 bits per heavy atom. The average molecular weight is 317 g/mol. The Morgan fingerprint density at radius 2 is 1.85 bits per heavy atom. The summed E-state index contributed by atoms with van der Waals surface area (Å²) in [4.78, 5) is 11.1. The summed E-state index contributed by atoms with van der Waals surface area (Å²) in [5.41, 5.74) is 0.424. The van der Waals surface area contributed by atoms with Crippen LogP contribution in [0.1, 0.15) is 23.7 Å². The molecule has 1 fully saturated rings. The van der Waals surface area contributed by atoms with Gasteiger partial charge in [0.05, 0.1) is 16.4 Å². The van der Waals surface area contributed by atoms with Crippen molar-refractivity contribution in [3.05, 3.63) is 29.8 Å². The smallest absolute Gasteiger partial charge is 0.240 e. The van der Waals surface area contributed by atoms with E-state index in [1.165, 1.54) is 31.2 Å². The molecular formula is C12H15NO5S2. The standard InChI is InChI=1S/C12H15NO5S2/c1-9(14)10-2-4-12(5-3-10)20(17,18)13-11-6-7-19(15,16)8-11/h2-5,11,13H,6-8H2,1H3/t11-/m1/s1. The van der Waals surface area contributed by atoms with Gasteiger partial charge in [0.1, 0.15) is 0 Å². The monoisotopic (exact) mass is 317 g/mol. The highest BCUT2D eigenvalue weighted by molar-refractivity contribution is 7.92. The van der Waals surface area contributed by atoms with Crippen LogP contribution >= 0.6 is 0 Å². The van der Waals surface area contributed by atoms with E-state index in [-0.39, 0.29) is 28.6 Å². The molecule has 0 radical (unpaired) electrons. The van der Waals surface area contributed by atoms with Gasteiger partial charge in [-0.3, -0.25) is 4.79 Å². The summed E-state index contributed by atoms with van der Waals surface area (Å²) in [6.07, 6.45) is 0.285. The topological polar surface area (TPSA) is 97.4 Å². The first-order valence-corrected chi connectivity index (χ1v) is 9.34. The third-order valence-electron chi connectivity index (χ3n) is 3.13. The van der Waals surface area contributed by atoms with E-state index >= 15 is 0 Å². The van der Waals surface area contributed by atoms with Gasteiger partial charge in [-0.15, -0.1) is 0 Å². The molecule has 0 aliphatic carbocycles. The Morgan fingerprint density at radius 1 is 1.25 bits per heavy atom. The first kappa shape index (κ1) is 15.1. The largest absolute Gasteiger partial charge is 0.295 e. The first-order valence-electron chi connectivity index (χ1n) is 6.03. The first-order chi connectivity index (χ1) is 9.20. The van der Waals surface area contributed by atoms with Gasteiger partial charge in [-0.25, -0.2) is 21.6 Å². The fraction of sp³-hybridized carbons (Fsp3) is 0.417. The van der Waals surface area contributed by atoms with Gasteiger partial charge in [0.15, 0.2) is 15.6 Å². The van der Waals surface area contributed by atoms with Gasteiger partial charge >= 0.3 is 0 Å². The third kappa shape index (κ3) is 3.44. The lowest BCUT2D eigenvalue weighted by Gasteiger charge is -2.11. The lowest BCUT2D eigenvalue weighted by molar-refractivity contribution is 0.101. The average Bonchev–Trinajstić information content (AvgIpc) is 2.68. The molecule has 20 heavy (non-hydrogen) atoms. The third-order valence-corrected chi connectivity index (χ3v) is 6.43. The molecule has 1 aromatic carbocycles. The number of carbonyl (C=O) groups excluding carboxylic acids is 1. The van der Waals surface area contributed by atoms with Crippen molar-refractivity contribution in [2.75, 3.05) is 11.5 Å². The number of sulfonamides is 1. The van der Waals surface area contributed by atoms with Crippen LogP contribution in [0, 0.1) is 0 Å². The summed E-state index contributed by atoms with van der Waals surface area (Å²) in [5, 5.41) is 0. The quantitative estimate of drug-likeness (QED) is 0.808. The zero-order chi connectivity index (χ0) is 15.0. The van der Waals surface area contributed by atoms with E-state index in [4.69, 9.17) is 0 Å². The zero-order valence-corrected chi connectivity index (χ0v) is 12.5. The van der Waals surface area contributed by atoms with E-state index in [0.717, 1.165) is 0 Å². The molecular weight excluding hydrogens is 302 g/mol. The molecule has 110 valence electrons. The number of carbonyl (C=O) groups is 1. The van der Waals surface area contributed by atoms with Crippen molar-refractivity contribution < 1.29 is 21.6 Å². The Labute approximate surface area is 118 Å². The highest BCUT2D eigenvalue weighted by atomic mass is 32.2. The molecule has 1 saturated heterocycles. The Kier molecular flexibility index (Phi) is 3.99. The van der Waals surface area contributed by atoms with Crippen LogP contribution in [0.5, 0.6) is 0 Å². The highest BCUT2D eigenvalue weighted by Crippen LogP contribution is 2.16. The second kappa shape index (κ2) is 5.27. The van der Waals surface area contributed by atoms with Gasteiger partial charge in [-0.1, -0.05) is 12.1 Å². The van der Waals surface area contributed by atoms with E-state index in [2.05, 4.69) is 4.72 Å². The maximum absolute atomic E-state index is 12.1. The second-order valence-corrected chi connectivity index (χ2v) is 8.74. The van der Waals surface area contributed by atoms with Gasteiger partial charge in [0.2, 0.25) is 10.0 Å². The van der Waals surface area contributed by atoms with Crippen LogP contribution < -0.4 is 4.72 Å². The van der Waals surface area contributed by atoms with Crippen molar-refractivity contribution in [2.45, 2.75) is 24.3 Å². The van der Waals surface area contributed by atoms with Gasteiger partial charge < -0.3 is 0 Å². The van der Waals surface area contributed by atoms with Gasteiger partial charge in [0.25, 0.3) is 0 Å². The molecule has 0 aromatic heterocycles. The molecule has 0 amide bonds. The number of ketones is 1. The van der Waals surface area contributed by atoms with E-state index in [9.17, 15) is 21.6 Å².